The van der Waals surface area contributed by atoms with E-state index in [2.05, 4.69) is 15.5 Å². The molecule has 7 heteroatoms. The van der Waals surface area contributed by atoms with E-state index in [1.807, 2.05) is 55.5 Å². The van der Waals surface area contributed by atoms with Crippen molar-refractivity contribution in [3.8, 4) is 17.1 Å². The average Bonchev–Trinajstić information content (AvgIpc) is 3.42. The lowest BCUT2D eigenvalue weighted by Gasteiger charge is -2.38. The van der Waals surface area contributed by atoms with Crippen molar-refractivity contribution in [2.45, 2.75) is 31.8 Å². The van der Waals surface area contributed by atoms with Gasteiger partial charge in [-0.25, -0.2) is 4.79 Å². The normalized spacial score (nSPS) is 16.4. The van der Waals surface area contributed by atoms with Crippen LogP contribution in [0.1, 0.15) is 30.2 Å². The van der Waals surface area contributed by atoms with E-state index in [0.717, 1.165) is 41.3 Å². The predicted octanol–water partition coefficient (Wildman–Crippen LogP) is 4.22. The van der Waals surface area contributed by atoms with E-state index in [-0.39, 0.29) is 12.1 Å². The number of aryl methyl sites for hydroxylation is 1. The van der Waals surface area contributed by atoms with Gasteiger partial charge in [-0.1, -0.05) is 17.3 Å². The van der Waals surface area contributed by atoms with Crippen LogP contribution in [-0.4, -0.2) is 40.3 Å². The molecule has 0 unspecified atom stereocenters. The van der Waals surface area contributed by atoms with Crippen LogP contribution in [0.4, 0.5) is 10.5 Å². The molecule has 1 aromatic heterocycles. The summed E-state index contributed by atoms with van der Waals surface area (Å²) in [5.74, 6) is 2.56. The Morgan fingerprint density at radius 2 is 1.97 bits per heavy atom. The Morgan fingerprint density at radius 3 is 2.69 bits per heavy atom. The number of hydrogen-bond acceptors (Lipinski definition) is 5. The van der Waals surface area contributed by atoms with Crippen molar-refractivity contribution in [3.05, 3.63) is 60.0 Å². The molecule has 148 valence electrons. The van der Waals surface area contributed by atoms with Crippen molar-refractivity contribution in [1.82, 2.24) is 15.0 Å². The molecule has 5 rings (SSSR count). The van der Waals surface area contributed by atoms with Gasteiger partial charge in [0.05, 0.1) is 13.1 Å². The third-order valence-corrected chi connectivity index (χ3v) is 5.19. The van der Waals surface area contributed by atoms with Gasteiger partial charge >= 0.3 is 6.03 Å². The maximum Gasteiger partial charge on any atom is 0.322 e. The Labute approximate surface area is 168 Å². The van der Waals surface area contributed by atoms with Crippen LogP contribution in [0, 0.1) is 6.92 Å². The summed E-state index contributed by atoms with van der Waals surface area (Å²) in [4.78, 5) is 18.5. The molecule has 2 aliphatic rings. The number of rotatable bonds is 5. The number of likely N-dealkylation sites (tertiary alicyclic amines) is 1. The summed E-state index contributed by atoms with van der Waals surface area (Å²) in [6, 6.07) is 15.3. The van der Waals surface area contributed by atoms with Crippen molar-refractivity contribution in [2.24, 2.45) is 0 Å². The number of hydrogen-bond donors (Lipinski definition) is 1. The highest BCUT2D eigenvalue weighted by molar-refractivity contribution is 5.90. The minimum Gasteiger partial charge on any atom is -0.487 e. The van der Waals surface area contributed by atoms with Crippen LogP contribution in [0.25, 0.3) is 11.4 Å². The summed E-state index contributed by atoms with van der Waals surface area (Å²) < 4.78 is 11.3. The van der Waals surface area contributed by atoms with Crippen LogP contribution in [0.2, 0.25) is 0 Å². The molecule has 2 aromatic carbocycles. The number of anilines is 1. The Morgan fingerprint density at radius 1 is 1.17 bits per heavy atom. The molecule has 0 radical (unpaired) electrons. The SMILES string of the molecule is Cc1cccc(NC(=O)N2CC(Oc3ccc(-c4noc(C5CC5)n4)cc3)C2)c1. The minimum absolute atomic E-state index is 0.00393. The van der Waals surface area contributed by atoms with Crippen molar-refractivity contribution in [3.63, 3.8) is 0 Å². The van der Waals surface area contributed by atoms with Gasteiger partial charge in [-0.3, -0.25) is 0 Å². The lowest BCUT2D eigenvalue weighted by Crippen LogP contribution is -2.57. The lowest BCUT2D eigenvalue weighted by molar-refractivity contribution is 0.0493. The standard InChI is InChI=1S/C22H22N4O3/c1-14-3-2-4-17(11-14)23-22(27)26-12-19(13-26)28-18-9-7-15(8-10-18)20-24-21(29-25-20)16-5-6-16/h2-4,7-11,16,19H,5-6,12-13H2,1H3,(H,23,27). The summed E-state index contributed by atoms with van der Waals surface area (Å²) in [5.41, 5.74) is 2.82. The molecule has 2 heterocycles. The van der Waals surface area contributed by atoms with E-state index in [1.54, 1.807) is 4.90 Å². The summed E-state index contributed by atoms with van der Waals surface area (Å²) in [5, 5.41) is 6.97. The zero-order valence-corrected chi connectivity index (χ0v) is 16.2. The second kappa shape index (κ2) is 7.24. The van der Waals surface area contributed by atoms with Crippen molar-refractivity contribution in [1.29, 1.82) is 0 Å². The molecular weight excluding hydrogens is 368 g/mol. The first-order valence-electron chi connectivity index (χ1n) is 9.87. The molecule has 1 saturated heterocycles. The Hall–Kier alpha value is -3.35. The highest BCUT2D eigenvalue weighted by atomic mass is 16.5. The number of ether oxygens (including phenoxy) is 1. The van der Waals surface area contributed by atoms with Crippen LogP contribution in [0.5, 0.6) is 5.75 Å². The third-order valence-electron chi connectivity index (χ3n) is 5.19. The second-order valence-electron chi connectivity index (χ2n) is 7.70. The van der Waals surface area contributed by atoms with Gasteiger partial charge in [0.2, 0.25) is 11.7 Å². The van der Waals surface area contributed by atoms with Crippen molar-refractivity contribution >= 4 is 11.7 Å². The molecule has 1 aliphatic carbocycles. The van der Waals surface area contributed by atoms with E-state index in [9.17, 15) is 4.79 Å². The Kier molecular flexibility index (Phi) is 4.42. The number of amides is 2. The zero-order chi connectivity index (χ0) is 19.8. The summed E-state index contributed by atoms with van der Waals surface area (Å²) in [6.07, 6.45) is 2.27. The van der Waals surface area contributed by atoms with E-state index >= 15 is 0 Å². The van der Waals surface area contributed by atoms with Crippen LogP contribution < -0.4 is 10.1 Å². The average molecular weight is 390 g/mol. The van der Waals surface area contributed by atoms with Gasteiger partial charge in [0.15, 0.2) is 0 Å². The summed E-state index contributed by atoms with van der Waals surface area (Å²) in [6.45, 7) is 3.13. The van der Waals surface area contributed by atoms with Crippen LogP contribution in [0.15, 0.2) is 53.1 Å². The highest BCUT2D eigenvalue weighted by Gasteiger charge is 2.32. The quantitative estimate of drug-likeness (QED) is 0.706. The molecule has 2 amide bonds. The van der Waals surface area contributed by atoms with Gasteiger partial charge in [-0.05, 0) is 61.7 Å². The minimum atomic E-state index is -0.102. The molecule has 0 atom stereocenters. The first-order chi connectivity index (χ1) is 14.1. The maximum atomic E-state index is 12.3. The van der Waals surface area contributed by atoms with Gasteiger partial charge in [0.25, 0.3) is 0 Å². The molecule has 0 spiro atoms. The second-order valence-corrected chi connectivity index (χ2v) is 7.70. The molecule has 0 bridgehead atoms. The van der Waals surface area contributed by atoms with Crippen LogP contribution >= 0.6 is 0 Å². The van der Waals surface area contributed by atoms with Crippen LogP contribution in [0.3, 0.4) is 0 Å². The molecule has 2 fully saturated rings. The third kappa shape index (κ3) is 3.94. The van der Waals surface area contributed by atoms with Gasteiger partial charge in [-0.15, -0.1) is 0 Å². The van der Waals surface area contributed by atoms with Crippen molar-refractivity contribution in [2.75, 3.05) is 18.4 Å². The topological polar surface area (TPSA) is 80.5 Å². The Bertz CT molecular complexity index is 1020. The largest absolute Gasteiger partial charge is 0.487 e. The molecule has 7 nitrogen and oxygen atoms in total. The number of nitrogens with one attached hydrogen (secondary N) is 1. The van der Waals surface area contributed by atoms with Gasteiger partial charge in [0.1, 0.15) is 11.9 Å². The molecule has 29 heavy (non-hydrogen) atoms. The zero-order valence-electron chi connectivity index (χ0n) is 16.2. The molecule has 3 aromatic rings. The highest BCUT2D eigenvalue weighted by Crippen LogP contribution is 2.39. The Balaban J connectivity index is 1.12. The van der Waals surface area contributed by atoms with Crippen molar-refractivity contribution < 1.29 is 14.1 Å². The van der Waals surface area contributed by atoms with Crippen LogP contribution in [-0.2, 0) is 0 Å². The fraction of sp³-hybridized carbons (Fsp3) is 0.318. The van der Waals surface area contributed by atoms with E-state index in [1.165, 1.54) is 0 Å². The first-order valence-corrected chi connectivity index (χ1v) is 9.87. The fourth-order valence-electron chi connectivity index (χ4n) is 3.33. The number of nitrogens with zero attached hydrogens (tertiary/aromatic N) is 3. The number of aromatic nitrogens is 2. The van der Waals surface area contributed by atoms with Gasteiger partial charge in [-0.2, -0.15) is 4.98 Å². The van der Waals surface area contributed by atoms with E-state index in [0.29, 0.717) is 24.8 Å². The number of carbonyl (C=O) groups is 1. The monoisotopic (exact) mass is 390 g/mol. The summed E-state index contributed by atoms with van der Waals surface area (Å²) >= 11 is 0. The number of carbonyl (C=O) groups excluding carboxylic acids is 1. The molecule has 1 N–H and O–H groups in total. The van der Waals surface area contributed by atoms with Gasteiger partial charge < -0.3 is 19.5 Å². The predicted molar refractivity (Wildman–Crippen MR) is 108 cm³/mol. The smallest absolute Gasteiger partial charge is 0.322 e. The van der Waals surface area contributed by atoms with E-state index < -0.39 is 0 Å². The molecule has 1 saturated carbocycles. The van der Waals surface area contributed by atoms with E-state index in [4.69, 9.17) is 9.26 Å². The maximum absolute atomic E-state index is 12.3. The van der Waals surface area contributed by atoms with Gasteiger partial charge in [0, 0.05) is 17.2 Å². The first kappa shape index (κ1) is 17.7. The fourth-order valence-corrected chi connectivity index (χ4v) is 3.33. The summed E-state index contributed by atoms with van der Waals surface area (Å²) in [7, 11) is 0. The number of benzene rings is 2. The lowest BCUT2D eigenvalue weighted by atomic mass is 10.1. The molecular formula is C22H22N4O3. The number of urea groups is 1. The molecule has 1 aliphatic heterocycles.